The van der Waals surface area contributed by atoms with Crippen molar-refractivity contribution in [1.29, 1.82) is 0 Å². The molecular weight excluding hydrogens is 266 g/mol. The van der Waals surface area contributed by atoms with Gasteiger partial charge in [-0.15, -0.1) is 0 Å². The summed E-state index contributed by atoms with van der Waals surface area (Å²) >= 11 is 0. The number of benzene rings is 1. The minimum absolute atomic E-state index is 0.102. The van der Waals surface area contributed by atoms with Crippen LogP contribution in [0.5, 0.6) is 11.5 Å². The van der Waals surface area contributed by atoms with Gasteiger partial charge in [-0.2, -0.15) is 0 Å². The topological polar surface area (TPSA) is 39.7 Å². The van der Waals surface area contributed by atoms with Gasteiger partial charge < -0.3 is 19.5 Å². The number of hydrogen-bond donors (Lipinski definition) is 1. The zero-order valence-electron chi connectivity index (χ0n) is 13.6. The summed E-state index contributed by atoms with van der Waals surface area (Å²) in [7, 11) is 1.68. The Morgan fingerprint density at radius 1 is 1.29 bits per heavy atom. The Morgan fingerprint density at radius 2 is 2.10 bits per heavy atom. The van der Waals surface area contributed by atoms with Crippen LogP contribution < -0.4 is 14.8 Å². The van der Waals surface area contributed by atoms with Crippen molar-refractivity contribution in [3.63, 3.8) is 0 Å². The molecule has 1 heterocycles. The van der Waals surface area contributed by atoms with E-state index in [1.165, 1.54) is 5.56 Å². The molecule has 1 aliphatic heterocycles. The Kier molecular flexibility index (Phi) is 5.48. The highest BCUT2D eigenvalue weighted by molar-refractivity contribution is 5.43. The van der Waals surface area contributed by atoms with E-state index in [2.05, 4.69) is 32.2 Å². The Labute approximate surface area is 127 Å². The van der Waals surface area contributed by atoms with Crippen LogP contribution in [-0.2, 0) is 11.3 Å². The third-order valence-corrected chi connectivity index (χ3v) is 3.55. The molecule has 1 unspecified atom stereocenters. The molecule has 4 nitrogen and oxygen atoms in total. The summed E-state index contributed by atoms with van der Waals surface area (Å²) in [6.45, 7) is 9.63. The maximum absolute atomic E-state index is 5.89. The van der Waals surface area contributed by atoms with E-state index in [1.807, 2.05) is 12.1 Å². The summed E-state index contributed by atoms with van der Waals surface area (Å²) in [6, 6.07) is 6.12. The summed E-state index contributed by atoms with van der Waals surface area (Å²) in [4.78, 5) is 0. The van der Waals surface area contributed by atoms with Crippen molar-refractivity contribution < 1.29 is 14.2 Å². The second-order valence-corrected chi connectivity index (χ2v) is 6.63. The van der Waals surface area contributed by atoms with Crippen molar-refractivity contribution in [3.05, 3.63) is 23.8 Å². The summed E-state index contributed by atoms with van der Waals surface area (Å²) in [5.41, 5.74) is 1.29. The van der Waals surface area contributed by atoms with E-state index in [4.69, 9.17) is 14.2 Å². The van der Waals surface area contributed by atoms with Crippen LogP contribution in [0.4, 0.5) is 0 Å². The van der Waals surface area contributed by atoms with E-state index in [-0.39, 0.29) is 5.54 Å². The Balaban J connectivity index is 1.95. The summed E-state index contributed by atoms with van der Waals surface area (Å²) in [6.07, 6.45) is 1.08. The highest BCUT2D eigenvalue weighted by Gasteiger charge is 2.17. The largest absolute Gasteiger partial charge is 0.493 e. The van der Waals surface area contributed by atoms with Crippen LogP contribution in [0.3, 0.4) is 0 Å². The zero-order chi connectivity index (χ0) is 15.3. The van der Waals surface area contributed by atoms with Gasteiger partial charge in [0.1, 0.15) is 0 Å². The lowest BCUT2D eigenvalue weighted by Gasteiger charge is -2.21. The van der Waals surface area contributed by atoms with E-state index in [0.29, 0.717) is 12.5 Å². The molecular formula is C17H27NO3. The third-order valence-electron chi connectivity index (χ3n) is 3.55. The molecule has 1 aromatic rings. The molecule has 118 valence electrons. The van der Waals surface area contributed by atoms with Crippen molar-refractivity contribution in [2.24, 2.45) is 5.92 Å². The van der Waals surface area contributed by atoms with E-state index >= 15 is 0 Å². The van der Waals surface area contributed by atoms with Crippen molar-refractivity contribution in [1.82, 2.24) is 5.32 Å². The summed E-state index contributed by atoms with van der Waals surface area (Å²) in [5, 5.41) is 3.47. The van der Waals surface area contributed by atoms with Crippen molar-refractivity contribution in [3.8, 4) is 11.5 Å². The van der Waals surface area contributed by atoms with Crippen LogP contribution in [0, 0.1) is 5.92 Å². The van der Waals surface area contributed by atoms with Gasteiger partial charge in [0.15, 0.2) is 11.5 Å². The third kappa shape index (κ3) is 5.21. The fraction of sp³-hybridized carbons (Fsp3) is 0.647. The standard InChI is InChI=1S/C17H27NO3/c1-17(2,3)18-10-13-5-6-15(16(9-13)19-4)21-12-14-7-8-20-11-14/h5-6,9,14,18H,7-8,10-12H2,1-4H3. The Hall–Kier alpha value is -1.26. The number of nitrogens with one attached hydrogen (secondary N) is 1. The molecule has 1 fully saturated rings. The molecule has 1 N–H and O–H groups in total. The lowest BCUT2D eigenvalue weighted by atomic mass is 10.1. The quantitative estimate of drug-likeness (QED) is 0.875. The maximum Gasteiger partial charge on any atom is 0.161 e. The van der Waals surface area contributed by atoms with Crippen LogP contribution in [0.2, 0.25) is 0 Å². The van der Waals surface area contributed by atoms with Crippen LogP contribution in [0.1, 0.15) is 32.8 Å². The maximum atomic E-state index is 5.89. The summed E-state index contributed by atoms with van der Waals surface area (Å²) < 4.78 is 16.7. The average Bonchev–Trinajstić information content (AvgIpc) is 2.95. The van der Waals surface area contributed by atoms with Crippen LogP contribution >= 0.6 is 0 Å². The monoisotopic (exact) mass is 293 g/mol. The van der Waals surface area contributed by atoms with E-state index in [1.54, 1.807) is 7.11 Å². The molecule has 0 spiro atoms. The molecule has 0 saturated carbocycles. The summed E-state index contributed by atoms with van der Waals surface area (Å²) in [5.74, 6) is 2.10. The van der Waals surface area contributed by atoms with Gasteiger partial charge in [-0.1, -0.05) is 6.07 Å². The number of rotatable bonds is 6. The molecule has 2 rings (SSSR count). The molecule has 1 atom stereocenters. The molecule has 1 aromatic carbocycles. The molecule has 0 bridgehead atoms. The molecule has 1 aliphatic rings. The normalized spacial score (nSPS) is 18.8. The molecule has 1 saturated heterocycles. The van der Waals surface area contributed by atoms with Crippen molar-refractivity contribution in [2.45, 2.75) is 39.3 Å². The first kappa shape index (κ1) is 16.1. The molecule has 0 aliphatic carbocycles. The highest BCUT2D eigenvalue weighted by atomic mass is 16.5. The molecule has 0 amide bonds. The molecule has 21 heavy (non-hydrogen) atoms. The second kappa shape index (κ2) is 7.14. The van der Waals surface area contributed by atoms with Gasteiger partial charge in [0.05, 0.1) is 20.3 Å². The lowest BCUT2D eigenvalue weighted by Crippen LogP contribution is -2.35. The number of methoxy groups -OCH3 is 1. The van der Waals surface area contributed by atoms with E-state index in [0.717, 1.165) is 37.7 Å². The SMILES string of the molecule is COc1cc(CNC(C)(C)C)ccc1OCC1CCOC1. The van der Waals surface area contributed by atoms with Gasteiger partial charge in [-0.25, -0.2) is 0 Å². The number of hydrogen-bond acceptors (Lipinski definition) is 4. The smallest absolute Gasteiger partial charge is 0.161 e. The van der Waals surface area contributed by atoms with Crippen LogP contribution in [0.25, 0.3) is 0 Å². The van der Waals surface area contributed by atoms with Crippen LogP contribution in [0.15, 0.2) is 18.2 Å². The fourth-order valence-electron chi connectivity index (χ4n) is 2.23. The highest BCUT2D eigenvalue weighted by Crippen LogP contribution is 2.29. The minimum atomic E-state index is 0.102. The zero-order valence-corrected chi connectivity index (χ0v) is 13.6. The predicted molar refractivity (Wildman–Crippen MR) is 84.0 cm³/mol. The average molecular weight is 293 g/mol. The molecule has 0 radical (unpaired) electrons. The van der Waals surface area contributed by atoms with E-state index < -0.39 is 0 Å². The van der Waals surface area contributed by atoms with Gasteiger partial charge in [0.2, 0.25) is 0 Å². The van der Waals surface area contributed by atoms with Crippen LogP contribution in [-0.4, -0.2) is 32.5 Å². The van der Waals surface area contributed by atoms with Gasteiger partial charge in [-0.05, 0) is 44.9 Å². The first-order valence-electron chi connectivity index (χ1n) is 7.60. The Bertz CT molecular complexity index is 448. The van der Waals surface area contributed by atoms with Crippen molar-refractivity contribution in [2.75, 3.05) is 26.9 Å². The van der Waals surface area contributed by atoms with Gasteiger partial charge in [0, 0.05) is 24.6 Å². The Morgan fingerprint density at radius 3 is 2.71 bits per heavy atom. The molecule has 4 heteroatoms. The van der Waals surface area contributed by atoms with Gasteiger partial charge in [0.25, 0.3) is 0 Å². The first-order chi connectivity index (χ1) is 9.98. The second-order valence-electron chi connectivity index (χ2n) is 6.63. The minimum Gasteiger partial charge on any atom is -0.493 e. The molecule has 0 aromatic heterocycles. The van der Waals surface area contributed by atoms with Crippen molar-refractivity contribution >= 4 is 0 Å². The fourth-order valence-corrected chi connectivity index (χ4v) is 2.23. The van der Waals surface area contributed by atoms with E-state index in [9.17, 15) is 0 Å². The first-order valence-corrected chi connectivity index (χ1v) is 7.60. The lowest BCUT2D eigenvalue weighted by molar-refractivity contribution is 0.165. The van der Waals surface area contributed by atoms with Gasteiger partial charge in [-0.3, -0.25) is 0 Å². The predicted octanol–water partition coefficient (Wildman–Crippen LogP) is 3.00. The number of ether oxygens (including phenoxy) is 3. The van der Waals surface area contributed by atoms with Gasteiger partial charge >= 0.3 is 0 Å².